The van der Waals surface area contributed by atoms with Gasteiger partial charge in [-0.15, -0.1) is 0 Å². The lowest BCUT2D eigenvalue weighted by Gasteiger charge is -2.20. The molecule has 3 rings (SSSR count). The maximum Gasteiger partial charge on any atom is 0.251 e. The second-order valence-corrected chi connectivity index (χ2v) is 8.97. The van der Waals surface area contributed by atoms with E-state index in [4.69, 9.17) is 4.74 Å². The van der Waals surface area contributed by atoms with E-state index in [1.165, 1.54) is 10.4 Å². The van der Waals surface area contributed by atoms with Crippen LogP contribution in [0.2, 0.25) is 0 Å². The Bertz CT molecular complexity index is 732. The van der Waals surface area contributed by atoms with Gasteiger partial charge in [-0.3, -0.25) is 4.79 Å². The first-order chi connectivity index (χ1) is 12.5. The molecule has 0 unspecified atom stereocenters. The Morgan fingerprint density at radius 1 is 1.27 bits per heavy atom. The maximum atomic E-state index is 12.9. The quantitative estimate of drug-likeness (QED) is 0.815. The Morgan fingerprint density at radius 3 is 2.88 bits per heavy atom. The highest BCUT2D eigenvalue weighted by atomic mass is 32.2. The Kier molecular flexibility index (Phi) is 6.29. The van der Waals surface area contributed by atoms with Crippen molar-refractivity contribution in [1.82, 2.24) is 14.5 Å². The van der Waals surface area contributed by atoms with Gasteiger partial charge in [-0.1, -0.05) is 6.07 Å². The van der Waals surface area contributed by atoms with Crippen LogP contribution in [0.5, 0.6) is 0 Å². The Hall–Kier alpha value is -1.48. The lowest BCUT2D eigenvalue weighted by atomic mass is 10.1. The molecule has 2 saturated heterocycles. The first kappa shape index (κ1) is 19.3. The summed E-state index contributed by atoms with van der Waals surface area (Å²) in [6.07, 6.45) is 1.75. The van der Waals surface area contributed by atoms with Crippen molar-refractivity contribution in [2.24, 2.45) is 5.92 Å². The fourth-order valence-electron chi connectivity index (χ4n) is 3.29. The van der Waals surface area contributed by atoms with Gasteiger partial charge in [0.2, 0.25) is 10.0 Å². The second kappa shape index (κ2) is 8.47. The number of rotatable bonds is 5. The predicted octanol–water partition coefficient (Wildman–Crippen LogP) is 0.779. The van der Waals surface area contributed by atoms with Gasteiger partial charge in [0.15, 0.2) is 0 Å². The Labute approximate surface area is 155 Å². The van der Waals surface area contributed by atoms with Gasteiger partial charge in [-0.25, -0.2) is 8.42 Å². The summed E-state index contributed by atoms with van der Waals surface area (Å²) < 4.78 is 32.7. The number of carbonyl (C=O) groups excluding carboxylic acids is 1. The number of likely N-dealkylation sites (N-methyl/N-ethyl adjacent to an activating group) is 1. The van der Waals surface area contributed by atoms with Crippen LogP contribution in [-0.4, -0.2) is 76.5 Å². The van der Waals surface area contributed by atoms with Gasteiger partial charge >= 0.3 is 0 Å². The lowest BCUT2D eigenvalue weighted by molar-refractivity contribution is 0.0944. The van der Waals surface area contributed by atoms with Crippen molar-refractivity contribution >= 4 is 15.9 Å². The number of carbonyl (C=O) groups is 1. The van der Waals surface area contributed by atoms with Crippen molar-refractivity contribution < 1.29 is 17.9 Å². The van der Waals surface area contributed by atoms with Crippen molar-refractivity contribution in [2.75, 3.05) is 53.0 Å². The zero-order valence-corrected chi connectivity index (χ0v) is 16.0. The molecular weight excluding hydrogens is 354 g/mol. The number of benzene rings is 1. The molecule has 1 amide bonds. The van der Waals surface area contributed by atoms with E-state index in [0.29, 0.717) is 44.3 Å². The van der Waals surface area contributed by atoms with Crippen LogP contribution in [0.25, 0.3) is 0 Å². The number of hydrogen-bond donors (Lipinski definition) is 1. The van der Waals surface area contributed by atoms with Crippen LogP contribution >= 0.6 is 0 Å². The molecule has 0 spiro atoms. The molecule has 0 aliphatic carbocycles. The van der Waals surface area contributed by atoms with Crippen LogP contribution in [0.1, 0.15) is 23.2 Å². The smallest absolute Gasteiger partial charge is 0.251 e. The SMILES string of the molecule is CN1CCCN(S(=O)(=O)c2cccc(C(=O)NC[C@H]3CCOC3)c2)CC1. The van der Waals surface area contributed by atoms with Gasteiger partial charge < -0.3 is 15.0 Å². The molecule has 1 atom stereocenters. The molecule has 2 fully saturated rings. The summed E-state index contributed by atoms with van der Waals surface area (Å²) in [6.45, 7) is 4.52. The van der Waals surface area contributed by atoms with E-state index < -0.39 is 10.0 Å². The second-order valence-electron chi connectivity index (χ2n) is 7.03. The van der Waals surface area contributed by atoms with Crippen LogP contribution < -0.4 is 5.32 Å². The third-order valence-electron chi connectivity index (χ3n) is 4.99. The molecular formula is C18H27N3O4S. The molecule has 7 nitrogen and oxygen atoms in total. The average molecular weight is 381 g/mol. The molecule has 2 heterocycles. The Balaban J connectivity index is 1.69. The Morgan fingerprint density at radius 2 is 2.12 bits per heavy atom. The summed E-state index contributed by atoms with van der Waals surface area (Å²) in [7, 11) is -1.59. The van der Waals surface area contributed by atoms with Crippen molar-refractivity contribution in [3.63, 3.8) is 0 Å². The standard InChI is InChI=1S/C18H27N3O4S/c1-20-7-3-8-21(10-9-20)26(23,24)17-5-2-4-16(12-17)18(22)19-13-15-6-11-25-14-15/h2,4-5,12,15H,3,6-11,13-14H2,1H3,(H,19,22)/t15-/m1/s1. The third kappa shape index (κ3) is 4.62. The van der Waals surface area contributed by atoms with Gasteiger partial charge in [0.05, 0.1) is 11.5 Å². The van der Waals surface area contributed by atoms with E-state index in [-0.39, 0.29) is 10.8 Å². The molecule has 1 aromatic rings. The van der Waals surface area contributed by atoms with Crippen molar-refractivity contribution in [1.29, 1.82) is 0 Å². The van der Waals surface area contributed by atoms with E-state index in [9.17, 15) is 13.2 Å². The number of sulfonamides is 1. The molecule has 2 aliphatic heterocycles. The first-order valence-corrected chi connectivity index (χ1v) is 10.6. The molecule has 0 saturated carbocycles. The molecule has 26 heavy (non-hydrogen) atoms. The fraction of sp³-hybridized carbons (Fsp3) is 0.611. The molecule has 144 valence electrons. The fourth-order valence-corrected chi connectivity index (χ4v) is 4.81. The highest BCUT2D eigenvalue weighted by molar-refractivity contribution is 7.89. The number of nitrogens with zero attached hydrogens (tertiary/aromatic N) is 2. The van der Waals surface area contributed by atoms with Gasteiger partial charge in [0.25, 0.3) is 5.91 Å². The van der Waals surface area contributed by atoms with Crippen LogP contribution in [0.3, 0.4) is 0 Å². The molecule has 2 aliphatic rings. The van der Waals surface area contributed by atoms with E-state index in [1.54, 1.807) is 18.2 Å². The van der Waals surface area contributed by atoms with E-state index in [1.807, 2.05) is 7.05 Å². The van der Waals surface area contributed by atoms with Crippen molar-refractivity contribution in [2.45, 2.75) is 17.7 Å². The molecule has 0 aromatic heterocycles. The number of hydrogen-bond acceptors (Lipinski definition) is 5. The van der Waals surface area contributed by atoms with Gasteiger partial charge in [0.1, 0.15) is 0 Å². The van der Waals surface area contributed by atoms with E-state index >= 15 is 0 Å². The summed E-state index contributed by atoms with van der Waals surface area (Å²) in [5.41, 5.74) is 0.372. The largest absolute Gasteiger partial charge is 0.381 e. The molecule has 0 radical (unpaired) electrons. The first-order valence-electron chi connectivity index (χ1n) is 9.11. The minimum atomic E-state index is -3.59. The highest BCUT2D eigenvalue weighted by Crippen LogP contribution is 2.19. The highest BCUT2D eigenvalue weighted by Gasteiger charge is 2.27. The van der Waals surface area contributed by atoms with Crippen molar-refractivity contribution in [3.05, 3.63) is 29.8 Å². The zero-order chi connectivity index (χ0) is 18.6. The predicted molar refractivity (Wildman–Crippen MR) is 98.6 cm³/mol. The van der Waals surface area contributed by atoms with Gasteiger partial charge in [-0.2, -0.15) is 4.31 Å². The maximum absolute atomic E-state index is 12.9. The van der Waals surface area contributed by atoms with Crippen LogP contribution in [0.15, 0.2) is 29.2 Å². The molecule has 0 bridgehead atoms. The van der Waals surface area contributed by atoms with Crippen LogP contribution in [0, 0.1) is 5.92 Å². The zero-order valence-electron chi connectivity index (χ0n) is 15.2. The minimum Gasteiger partial charge on any atom is -0.381 e. The topological polar surface area (TPSA) is 79.0 Å². The van der Waals surface area contributed by atoms with Crippen LogP contribution in [-0.2, 0) is 14.8 Å². The van der Waals surface area contributed by atoms with Gasteiger partial charge in [-0.05, 0) is 44.6 Å². The summed E-state index contributed by atoms with van der Waals surface area (Å²) >= 11 is 0. The molecule has 8 heteroatoms. The van der Waals surface area contributed by atoms with Crippen LogP contribution in [0.4, 0.5) is 0 Å². The average Bonchev–Trinajstić information content (AvgIpc) is 3.06. The number of amides is 1. The summed E-state index contributed by atoms with van der Waals surface area (Å²) in [6, 6.07) is 6.32. The lowest BCUT2D eigenvalue weighted by Crippen LogP contribution is -2.34. The third-order valence-corrected chi connectivity index (χ3v) is 6.88. The summed E-state index contributed by atoms with van der Waals surface area (Å²) in [5.74, 6) is 0.0875. The van der Waals surface area contributed by atoms with E-state index in [2.05, 4.69) is 10.2 Å². The van der Waals surface area contributed by atoms with E-state index in [0.717, 1.165) is 26.0 Å². The summed E-state index contributed by atoms with van der Waals surface area (Å²) in [5, 5.41) is 2.88. The normalized spacial score (nSPS) is 22.9. The number of ether oxygens (including phenoxy) is 1. The monoisotopic (exact) mass is 381 g/mol. The summed E-state index contributed by atoms with van der Waals surface area (Å²) in [4.78, 5) is 14.7. The van der Waals surface area contributed by atoms with Crippen molar-refractivity contribution in [3.8, 4) is 0 Å². The minimum absolute atomic E-state index is 0.180. The molecule has 1 aromatic carbocycles. The van der Waals surface area contributed by atoms with Gasteiger partial charge in [0, 0.05) is 44.3 Å². The number of nitrogens with one attached hydrogen (secondary N) is 1. The molecule has 1 N–H and O–H groups in total.